The third-order valence-corrected chi connectivity index (χ3v) is 6.67. The van der Waals surface area contributed by atoms with Crippen LogP contribution in [0, 0.1) is 0 Å². The summed E-state index contributed by atoms with van der Waals surface area (Å²) in [5, 5.41) is 1.48. The number of amides is 1. The molecule has 0 bridgehead atoms. The molecule has 0 N–H and O–H groups in total. The van der Waals surface area contributed by atoms with Crippen molar-refractivity contribution in [2.75, 3.05) is 21.3 Å². The first-order chi connectivity index (χ1) is 19.0. The van der Waals surface area contributed by atoms with Crippen molar-refractivity contribution in [2.45, 2.75) is 13.1 Å². The number of nitrogens with zero attached hydrogens (tertiary/aromatic N) is 2. The summed E-state index contributed by atoms with van der Waals surface area (Å²) < 4.78 is 22.0. The smallest absolute Gasteiger partial charge is 0.290 e. The van der Waals surface area contributed by atoms with Crippen LogP contribution in [0.15, 0.2) is 89.5 Å². The van der Waals surface area contributed by atoms with Gasteiger partial charge < -0.3 is 23.5 Å². The van der Waals surface area contributed by atoms with Crippen molar-refractivity contribution in [1.29, 1.82) is 0 Å². The Kier molecular flexibility index (Phi) is 7.70. The van der Waals surface area contributed by atoms with Crippen LogP contribution in [-0.2, 0) is 13.1 Å². The zero-order chi connectivity index (χ0) is 27.4. The molecule has 0 atom stereocenters. The van der Waals surface area contributed by atoms with E-state index in [9.17, 15) is 4.79 Å². The number of benzene rings is 3. The van der Waals surface area contributed by atoms with Crippen molar-refractivity contribution in [2.24, 2.45) is 0 Å². The van der Waals surface area contributed by atoms with Gasteiger partial charge in [-0.15, -0.1) is 0 Å². The Morgan fingerprint density at radius 1 is 0.872 bits per heavy atom. The van der Waals surface area contributed by atoms with Crippen LogP contribution < -0.4 is 14.2 Å². The van der Waals surface area contributed by atoms with Crippen LogP contribution in [-0.4, -0.2) is 37.1 Å². The molecule has 5 rings (SSSR count). The maximum absolute atomic E-state index is 13.6. The van der Waals surface area contributed by atoms with Crippen LogP contribution in [0.4, 0.5) is 0 Å². The van der Waals surface area contributed by atoms with Gasteiger partial charge in [0.05, 0.1) is 38.8 Å². The van der Waals surface area contributed by atoms with Crippen molar-refractivity contribution in [1.82, 2.24) is 9.88 Å². The van der Waals surface area contributed by atoms with Crippen molar-refractivity contribution < 1.29 is 23.4 Å². The predicted octanol–water partition coefficient (Wildman–Crippen LogP) is 7.02. The number of rotatable bonds is 9. The number of furan rings is 1. The molecule has 1 amide bonds. The van der Waals surface area contributed by atoms with Gasteiger partial charge in [-0.2, -0.15) is 0 Å². The highest BCUT2D eigenvalue weighted by Gasteiger charge is 2.23. The third kappa shape index (κ3) is 5.68. The molecule has 39 heavy (non-hydrogen) atoms. The first-order valence-corrected chi connectivity index (χ1v) is 12.6. The summed E-state index contributed by atoms with van der Waals surface area (Å²) in [5.41, 5.74) is 3.89. The molecule has 0 unspecified atom stereocenters. The quantitative estimate of drug-likeness (QED) is 0.199. The lowest BCUT2D eigenvalue weighted by atomic mass is 10.0. The van der Waals surface area contributed by atoms with Gasteiger partial charge in [-0.05, 0) is 71.8 Å². The highest BCUT2D eigenvalue weighted by molar-refractivity contribution is 6.31. The number of aromatic nitrogens is 1. The minimum absolute atomic E-state index is 0.240. The molecule has 0 fully saturated rings. The normalized spacial score (nSPS) is 10.9. The van der Waals surface area contributed by atoms with Crippen LogP contribution in [0.25, 0.3) is 22.2 Å². The summed E-state index contributed by atoms with van der Waals surface area (Å²) in [7, 11) is 4.84. The second-order valence-electron chi connectivity index (χ2n) is 8.89. The Bertz CT molecular complexity index is 1600. The zero-order valence-electron chi connectivity index (χ0n) is 21.8. The zero-order valence-corrected chi connectivity index (χ0v) is 22.6. The molecule has 5 aromatic rings. The number of ether oxygens (including phenoxy) is 3. The molecule has 8 heteroatoms. The van der Waals surface area contributed by atoms with E-state index in [0.29, 0.717) is 28.8 Å². The fourth-order valence-corrected chi connectivity index (χ4v) is 4.62. The number of carbonyl (C=O) groups is 1. The van der Waals surface area contributed by atoms with Crippen LogP contribution in [0.2, 0.25) is 5.02 Å². The van der Waals surface area contributed by atoms with Gasteiger partial charge in [0.25, 0.3) is 5.91 Å². The molecule has 0 radical (unpaired) electrons. The minimum Gasteiger partial charge on any atom is -0.497 e. The number of hydrogen-bond donors (Lipinski definition) is 0. The minimum atomic E-state index is -0.240. The molecule has 0 aliphatic heterocycles. The van der Waals surface area contributed by atoms with Crippen molar-refractivity contribution in [3.05, 3.63) is 107 Å². The van der Waals surface area contributed by atoms with Crippen molar-refractivity contribution in [3.63, 3.8) is 0 Å². The SMILES string of the molecule is COc1ccc(CN(Cc2cc3ccc(Cl)cc3nc2-c2cc(OC)ccc2OC)C(=O)c2ccco2)cc1. The molecule has 2 heterocycles. The molecule has 0 aliphatic rings. The Morgan fingerprint density at radius 3 is 2.33 bits per heavy atom. The molecule has 0 saturated heterocycles. The lowest BCUT2D eigenvalue weighted by Crippen LogP contribution is -2.30. The van der Waals surface area contributed by atoms with Gasteiger partial charge in [-0.3, -0.25) is 4.79 Å². The van der Waals surface area contributed by atoms with Crippen LogP contribution in [0.5, 0.6) is 17.2 Å². The standard InChI is InChI=1S/C31H27ClN2O5/c1-36-24-10-6-20(7-11-24)18-34(31(35)29-5-4-14-39-29)19-22-15-21-8-9-23(32)16-27(21)33-30(22)26-17-25(37-2)12-13-28(26)38-3/h4-17H,18-19H2,1-3H3. The number of halogens is 1. The molecule has 198 valence electrons. The summed E-state index contributed by atoms with van der Waals surface area (Å²) in [4.78, 5) is 20.4. The van der Waals surface area contributed by atoms with Crippen LogP contribution in [0.1, 0.15) is 21.7 Å². The van der Waals surface area contributed by atoms with E-state index in [-0.39, 0.29) is 18.2 Å². The summed E-state index contributed by atoms with van der Waals surface area (Å²) in [6.07, 6.45) is 1.49. The fourth-order valence-electron chi connectivity index (χ4n) is 4.45. The first-order valence-electron chi connectivity index (χ1n) is 12.3. The van der Waals surface area contributed by atoms with Crippen LogP contribution >= 0.6 is 11.6 Å². The van der Waals surface area contributed by atoms with E-state index in [1.165, 1.54) is 6.26 Å². The molecule has 0 spiro atoms. The summed E-state index contributed by atoms with van der Waals surface area (Å²) in [6, 6.07) is 24.1. The average Bonchev–Trinajstić information content (AvgIpc) is 3.51. The number of fused-ring (bicyclic) bond motifs is 1. The summed E-state index contributed by atoms with van der Waals surface area (Å²) >= 11 is 6.30. The highest BCUT2D eigenvalue weighted by atomic mass is 35.5. The van der Waals surface area contributed by atoms with E-state index in [1.54, 1.807) is 38.4 Å². The van der Waals surface area contributed by atoms with Crippen LogP contribution in [0.3, 0.4) is 0 Å². The van der Waals surface area contributed by atoms with E-state index in [4.69, 9.17) is 35.2 Å². The summed E-state index contributed by atoms with van der Waals surface area (Å²) in [5.74, 6) is 2.05. The molecule has 2 aromatic heterocycles. The highest BCUT2D eigenvalue weighted by Crippen LogP contribution is 2.37. The summed E-state index contributed by atoms with van der Waals surface area (Å²) in [6.45, 7) is 0.601. The lowest BCUT2D eigenvalue weighted by molar-refractivity contribution is 0.0698. The monoisotopic (exact) mass is 542 g/mol. The molecular weight excluding hydrogens is 516 g/mol. The number of carbonyl (C=O) groups excluding carboxylic acids is 1. The molecule has 0 saturated carbocycles. The first kappa shape index (κ1) is 26.1. The Labute approximate surface area is 231 Å². The predicted molar refractivity (Wildman–Crippen MR) is 151 cm³/mol. The van der Waals surface area contributed by atoms with Gasteiger partial charge in [-0.25, -0.2) is 4.98 Å². The number of methoxy groups -OCH3 is 3. The topological polar surface area (TPSA) is 74.0 Å². The van der Waals surface area contributed by atoms with Crippen molar-refractivity contribution >= 4 is 28.4 Å². The number of hydrogen-bond acceptors (Lipinski definition) is 6. The molecule has 7 nitrogen and oxygen atoms in total. The van der Waals surface area contributed by atoms with Gasteiger partial charge in [0.15, 0.2) is 5.76 Å². The van der Waals surface area contributed by atoms with E-state index >= 15 is 0 Å². The Balaban J connectivity index is 1.64. The molecular formula is C31H27ClN2O5. The average molecular weight is 543 g/mol. The van der Waals surface area contributed by atoms with E-state index in [1.807, 2.05) is 66.7 Å². The molecule has 0 aliphatic carbocycles. The van der Waals surface area contributed by atoms with Gasteiger partial charge in [-0.1, -0.05) is 29.8 Å². The third-order valence-electron chi connectivity index (χ3n) is 6.43. The van der Waals surface area contributed by atoms with Gasteiger partial charge in [0, 0.05) is 29.1 Å². The maximum atomic E-state index is 13.6. The maximum Gasteiger partial charge on any atom is 0.290 e. The second-order valence-corrected chi connectivity index (χ2v) is 9.32. The lowest BCUT2D eigenvalue weighted by Gasteiger charge is -2.24. The molecule has 3 aromatic carbocycles. The largest absolute Gasteiger partial charge is 0.497 e. The fraction of sp³-hybridized carbons (Fsp3) is 0.161. The van der Waals surface area contributed by atoms with E-state index < -0.39 is 0 Å². The van der Waals surface area contributed by atoms with E-state index in [2.05, 4.69) is 0 Å². The van der Waals surface area contributed by atoms with Gasteiger partial charge in [0.2, 0.25) is 0 Å². The number of pyridine rings is 1. The van der Waals surface area contributed by atoms with Gasteiger partial charge >= 0.3 is 0 Å². The Morgan fingerprint density at radius 2 is 1.64 bits per heavy atom. The van der Waals surface area contributed by atoms with E-state index in [0.717, 1.165) is 33.3 Å². The Hall–Kier alpha value is -4.49. The van der Waals surface area contributed by atoms with Crippen molar-refractivity contribution in [3.8, 4) is 28.5 Å². The second kappa shape index (κ2) is 11.5. The van der Waals surface area contributed by atoms with Gasteiger partial charge in [0.1, 0.15) is 17.2 Å².